The van der Waals surface area contributed by atoms with Crippen LogP contribution in [0.1, 0.15) is 25.6 Å². The fourth-order valence-corrected chi connectivity index (χ4v) is 2.76. The zero-order valence-electron chi connectivity index (χ0n) is 12.7. The third-order valence-corrected chi connectivity index (χ3v) is 3.67. The molecule has 1 saturated heterocycles. The summed E-state index contributed by atoms with van der Waals surface area (Å²) in [4.78, 5) is 18.8. The lowest BCUT2D eigenvalue weighted by Crippen LogP contribution is -2.57. The van der Waals surface area contributed by atoms with Crippen molar-refractivity contribution in [2.24, 2.45) is 5.73 Å². The van der Waals surface area contributed by atoms with E-state index >= 15 is 0 Å². The predicted molar refractivity (Wildman–Crippen MR) is 80.6 cm³/mol. The van der Waals surface area contributed by atoms with E-state index in [2.05, 4.69) is 15.2 Å². The molecule has 1 aromatic heterocycles. The minimum atomic E-state index is -0.322. The summed E-state index contributed by atoms with van der Waals surface area (Å²) >= 11 is 0. The Hall–Kier alpha value is -1.50. The van der Waals surface area contributed by atoms with Crippen molar-refractivity contribution in [3.8, 4) is 0 Å². The van der Waals surface area contributed by atoms with Crippen molar-refractivity contribution in [2.75, 3.05) is 26.3 Å². The quantitative estimate of drug-likeness (QED) is 0.816. The first-order chi connectivity index (χ1) is 10.1. The number of likely N-dealkylation sites (N-methyl/N-ethyl adjacent to an activating group) is 1. The molecule has 6 heteroatoms. The van der Waals surface area contributed by atoms with Gasteiger partial charge in [-0.1, -0.05) is 6.07 Å². The number of aromatic nitrogens is 1. The SMILES string of the molecule is CCNC(=O)C1COCCN1C(c1ccccn1)C(C)N. The minimum Gasteiger partial charge on any atom is -0.378 e. The van der Waals surface area contributed by atoms with Crippen molar-refractivity contribution < 1.29 is 9.53 Å². The molecule has 0 aliphatic carbocycles. The van der Waals surface area contributed by atoms with E-state index in [0.717, 1.165) is 5.69 Å². The largest absolute Gasteiger partial charge is 0.378 e. The Morgan fingerprint density at radius 2 is 2.43 bits per heavy atom. The van der Waals surface area contributed by atoms with Gasteiger partial charge in [-0.05, 0) is 26.0 Å². The van der Waals surface area contributed by atoms with Gasteiger partial charge in [-0.2, -0.15) is 0 Å². The molecule has 0 spiro atoms. The topological polar surface area (TPSA) is 80.5 Å². The van der Waals surface area contributed by atoms with Crippen molar-refractivity contribution in [3.63, 3.8) is 0 Å². The third kappa shape index (κ3) is 3.78. The molecular formula is C15H24N4O2. The van der Waals surface area contributed by atoms with Gasteiger partial charge in [0.25, 0.3) is 0 Å². The Morgan fingerprint density at radius 3 is 3.05 bits per heavy atom. The van der Waals surface area contributed by atoms with Crippen LogP contribution in [0, 0.1) is 0 Å². The maximum Gasteiger partial charge on any atom is 0.239 e. The number of morpholine rings is 1. The number of nitrogens with zero attached hydrogens (tertiary/aromatic N) is 2. The van der Waals surface area contributed by atoms with Crippen LogP contribution >= 0.6 is 0 Å². The van der Waals surface area contributed by atoms with E-state index < -0.39 is 0 Å². The van der Waals surface area contributed by atoms with Gasteiger partial charge in [-0.25, -0.2) is 0 Å². The number of carbonyl (C=O) groups excluding carboxylic acids is 1. The Morgan fingerprint density at radius 1 is 1.62 bits per heavy atom. The summed E-state index contributed by atoms with van der Waals surface area (Å²) < 4.78 is 5.48. The molecule has 1 aliphatic heterocycles. The molecule has 1 aliphatic rings. The summed E-state index contributed by atoms with van der Waals surface area (Å²) in [5.41, 5.74) is 7.07. The molecule has 1 aromatic rings. The van der Waals surface area contributed by atoms with Gasteiger partial charge >= 0.3 is 0 Å². The molecule has 2 rings (SSSR count). The van der Waals surface area contributed by atoms with Crippen molar-refractivity contribution in [2.45, 2.75) is 32.0 Å². The first-order valence-electron chi connectivity index (χ1n) is 7.42. The molecule has 1 amide bonds. The van der Waals surface area contributed by atoms with E-state index in [0.29, 0.717) is 26.3 Å². The fourth-order valence-electron chi connectivity index (χ4n) is 2.76. The summed E-state index contributed by atoms with van der Waals surface area (Å²) in [6, 6.07) is 5.23. The van der Waals surface area contributed by atoms with Gasteiger partial charge in [0.05, 0.1) is 24.9 Å². The lowest BCUT2D eigenvalue weighted by Gasteiger charge is -2.41. The van der Waals surface area contributed by atoms with Crippen LogP contribution in [0.3, 0.4) is 0 Å². The number of nitrogens with one attached hydrogen (secondary N) is 1. The summed E-state index contributed by atoms with van der Waals surface area (Å²) in [6.45, 7) is 6.13. The van der Waals surface area contributed by atoms with Crippen molar-refractivity contribution in [1.82, 2.24) is 15.2 Å². The molecule has 2 heterocycles. The van der Waals surface area contributed by atoms with Crippen molar-refractivity contribution >= 4 is 5.91 Å². The molecule has 21 heavy (non-hydrogen) atoms. The Labute approximate surface area is 125 Å². The molecule has 0 radical (unpaired) electrons. The second kappa shape index (κ2) is 7.49. The van der Waals surface area contributed by atoms with E-state index in [1.54, 1.807) is 6.20 Å². The highest BCUT2D eigenvalue weighted by Crippen LogP contribution is 2.26. The van der Waals surface area contributed by atoms with Gasteiger partial charge in [0.1, 0.15) is 6.04 Å². The van der Waals surface area contributed by atoms with Crippen LogP contribution in [0.5, 0.6) is 0 Å². The molecule has 3 N–H and O–H groups in total. The molecule has 116 valence electrons. The molecule has 1 fully saturated rings. The molecule has 6 nitrogen and oxygen atoms in total. The number of rotatable bonds is 5. The maximum absolute atomic E-state index is 12.3. The summed E-state index contributed by atoms with van der Waals surface area (Å²) in [5.74, 6) is -0.0150. The molecular weight excluding hydrogens is 268 g/mol. The number of nitrogens with two attached hydrogens (primary N) is 1. The summed E-state index contributed by atoms with van der Waals surface area (Å²) in [5, 5.41) is 2.87. The monoisotopic (exact) mass is 292 g/mol. The highest BCUT2D eigenvalue weighted by molar-refractivity contribution is 5.82. The number of amides is 1. The van der Waals surface area contributed by atoms with E-state index in [1.165, 1.54) is 0 Å². The zero-order valence-corrected chi connectivity index (χ0v) is 12.7. The Bertz CT molecular complexity index is 452. The molecule has 0 saturated carbocycles. The highest BCUT2D eigenvalue weighted by atomic mass is 16.5. The average Bonchev–Trinajstić information content (AvgIpc) is 2.49. The maximum atomic E-state index is 12.3. The van der Waals surface area contributed by atoms with E-state index in [1.807, 2.05) is 32.0 Å². The lowest BCUT2D eigenvalue weighted by atomic mass is 10.0. The first kappa shape index (κ1) is 15.9. The van der Waals surface area contributed by atoms with E-state index in [4.69, 9.17) is 10.5 Å². The van der Waals surface area contributed by atoms with Crippen molar-refractivity contribution in [1.29, 1.82) is 0 Å². The molecule has 0 aromatic carbocycles. The summed E-state index contributed by atoms with van der Waals surface area (Å²) in [7, 11) is 0. The summed E-state index contributed by atoms with van der Waals surface area (Å²) in [6.07, 6.45) is 1.76. The number of hydrogen-bond acceptors (Lipinski definition) is 5. The zero-order chi connectivity index (χ0) is 15.2. The normalized spacial score (nSPS) is 22.5. The second-order valence-corrected chi connectivity index (χ2v) is 5.28. The van der Waals surface area contributed by atoms with E-state index in [-0.39, 0.29) is 24.0 Å². The standard InChI is InChI=1S/C15H24N4O2/c1-3-17-15(20)13-10-21-9-8-19(13)14(11(2)16)12-6-4-5-7-18-12/h4-7,11,13-14H,3,8-10,16H2,1-2H3,(H,17,20). The van der Waals surface area contributed by atoms with Gasteiger partial charge in [0.15, 0.2) is 0 Å². The first-order valence-corrected chi connectivity index (χ1v) is 7.42. The Balaban J connectivity index is 2.26. The number of pyridine rings is 1. The Kier molecular flexibility index (Phi) is 5.67. The van der Waals surface area contributed by atoms with Gasteiger partial charge in [0.2, 0.25) is 5.91 Å². The van der Waals surface area contributed by atoms with Gasteiger partial charge in [0, 0.05) is 25.3 Å². The van der Waals surface area contributed by atoms with E-state index in [9.17, 15) is 4.79 Å². The smallest absolute Gasteiger partial charge is 0.239 e. The molecule has 3 atom stereocenters. The third-order valence-electron chi connectivity index (χ3n) is 3.67. The number of carbonyl (C=O) groups is 1. The van der Waals surface area contributed by atoms with Gasteiger partial charge in [-0.15, -0.1) is 0 Å². The van der Waals surface area contributed by atoms with Crippen LogP contribution in [0.25, 0.3) is 0 Å². The van der Waals surface area contributed by atoms with Crippen LogP contribution < -0.4 is 11.1 Å². The van der Waals surface area contributed by atoms with Crippen LogP contribution in [0.2, 0.25) is 0 Å². The second-order valence-electron chi connectivity index (χ2n) is 5.28. The van der Waals surface area contributed by atoms with Crippen LogP contribution in [-0.4, -0.2) is 54.2 Å². The van der Waals surface area contributed by atoms with Crippen LogP contribution in [-0.2, 0) is 9.53 Å². The average molecular weight is 292 g/mol. The fraction of sp³-hybridized carbons (Fsp3) is 0.600. The predicted octanol–water partition coefficient (Wildman–Crippen LogP) is 0.307. The highest BCUT2D eigenvalue weighted by Gasteiger charge is 2.36. The minimum absolute atomic E-state index is 0.0150. The number of ether oxygens (including phenoxy) is 1. The van der Waals surface area contributed by atoms with Crippen LogP contribution in [0.4, 0.5) is 0 Å². The van der Waals surface area contributed by atoms with Crippen molar-refractivity contribution in [3.05, 3.63) is 30.1 Å². The number of hydrogen-bond donors (Lipinski definition) is 2. The molecule has 3 unspecified atom stereocenters. The molecule has 0 bridgehead atoms. The van der Waals surface area contributed by atoms with Crippen LogP contribution in [0.15, 0.2) is 24.4 Å². The van der Waals surface area contributed by atoms with Gasteiger partial charge in [-0.3, -0.25) is 14.7 Å². The lowest BCUT2D eigenvalue weighted by molar-refractivity contribution is -0.135. The van der Waals surface area contributed by atoms with Gasteiger partial charge < -0.3 is 15.8 Å².